The number of aliphatic carboxylic acids is 1. The standard InChI is InChI=1S/C35H28ClN5O3S/c36-27-16-17-28-29(18-19-37-30(28)22-27)38-20-21-44-41-32(33(42)43)31-23-45-34(39-31)40-35(24-10-4-1-5-11-24,25-12-6-2-7-13-25)26-14-8-3-9-15-26/h1-19,22-23H,20-21H2,(H,37,38)(H,39,40)(H,42,43)/b41-32+. The van der Waals surface area contributed by atoms with Crippen LogP contribution in [-0.4, -0.2) is 39.9 Å². The fourth-order valence-corrected chi connectivity index (χ4v) is 6.11. The molecule has 0 unspecified atom stereocenters. The molecule has 0 aliphatic heterocycles. The van der Waals surface area contributed by atoms with Gasteiger partial charge in [0.05, 0.1) is 12.1 Å². The number of halogens is 1. The van der Waals surface area contributed by atoms with Crippen LogP contribution in [0.1, 0.15) is 22.4 Å². The highest BCUT2D eigenvalue weighted by molar-refractivity contribution is 7.14. The Labute approximate surface area is 269 Å². The fourth-order valence-electron chi connectivity index (χ4n) is 5.19. The van der Waals surface area contributed by atoms with Gasteiger partial charge in [0.1, 0.15) is 17.8 Å². The summed E-state index contributed by atoms with van der Waals surface area (Å²) in [6.45, 7) is 0.512. The molecule has 4 aromatic carbocycles. The van der Waals surface area contributed by atoms with Gasteiger partial charge in [-0.25, -0.2) is 9.78 Å². The third-order valence-electron chi connectivity index (χ3n) is 7.23. The van der Waals surface area contributed by atoms with E-state index in [4.69, 9.17) is 16.4 Å². The number of anilines is 2. The molecule has 0 radical (unpaired) electrons. The number of nitrogens with zero attached hydrogens (tertiary/aromatic N) is 3. The van der Waals surface area contributed by atoms with Crippen molar-refractivity contribution in [3.63, 3.8) is 0 Å². The number of fused-ring (bicyclic) bond motifs is 1. The zero-order valence-electron chi connectivity index (χ0n) is 23.9. The number of hydrogen-bond donors (Lipinski definition) is 3. The van der Waals surface area contributed by atoms with Gasteiger partial charge in [-0.05, 0) is 41.0 Å². The van der Waals surface area contributed by atoms with Crippen molar-refractivity contribution in [3.05, 3.63) is 154 Å². The molecule has 0 fully saturated rings. The summed E-state index contributed by atoms with van der Waals surface area (Å²) in [7, 11) is 0. The molecule has 10 heteroatoms. The molecule has 2 heterocycles. The highest BCUT2D eigenvalue weighted by atomic mass is 35.5. The van der Waals surface area contributed by atoms with E-state index in [0.29, 0.717) is 16.7 Å². The lowest BCUT2D eigenvalue weighted by Crippen LogP contribution is -2.38. The van der Waals surface area contributed by atoms with Crippen molar-refractivity contribution in [1.82, 2.24) is 9.97 Å². The number of carbonyl (C=O) groups is 1. The predicted molar refractivity (Wildman–Crippen MR) is 180 cm³/mol. The lowest BCUT2D eigenvalue weighted by molar-refractivity contribution is -0.129. The molecule has 45 heavy (non-hydrogen) atoms. The number of hydrogen-bond acceptors (Lipinski definition) is 8. The Hall–Kier alpha value is -5.25. The summed E-state index contributed by atoms with van der Waals surface area (Å²) in [4.78, 5) is 26.7. The van der Waals surface area contributed by atoms with E-state index in [9.17, 15) is 9.90 Å². The van der Waals surface area contributed by atoms with Crippen LogP contribution in [0.3, 0.4) is 0 Å². The number of nitrogens with one attached hydrogen (secondary N) is 2. The second-order valence-corrected chi connectivity index (χ2v) is 11.3. The average Bonchev–Trinajstić information content (AvgIpc) is 3.54. The van der Waals surface area contributed by atoms with Gasteiger partial charge in [-0.1, -0.05) is 108 Å². The summed E-state index contributed by atoms with van der Waals surface area (Å²) >= 11 is 7.39. The van der Waals surface area contributed by atoms with Crippen molar-refractivity contribution in [2.24, 2.45) is 5.16 Å². The molecule has 3 N–H and O–H groups in total. The van der Waals surface area contributed by atoms with E-state index in [1.54, 1.807) is 23.7 Å². The molecular formula is C35H28ClN5O3S. The van der Waals surface area contributed by atoms with Crippen LogP contribution in [0.2, 0.25) is 5.02 Å². The molecule has 0 aliphatic carbocycles. The van der Waals surface area contributed by atoms with Gasteiger partial charge in [-0.15, -0.1) is 11.3 Å². The van der Waals surface area contributed by atoms with Crippen LogP contribution in [0.5, 0.6) is 0 Å². The molecule has 224 valence electrons. The summed E-state index contributed by atoms with van der Waals surface area (Å²) < 4.78 is 0. The van der Waals surface area contributed by atoms with E-state index in [1.165, 1.54) is 11.3 Å². The minimum absolute atomic E-state index is 0.128. The minimum Gasteiger partial charge on any atom is -0.476 e. The summed E-state index contributed by atoms with van der Waals surface area (Å²) in [5, 5.41) is 24.6. The summed E-state index contributed by atoms with van der Waals surface area (Å²) in [5.74, 6) is -1.24. The number of carboxylic acid groups (broad SMARTS) is 1. The quantitative estimate of drug-likeness (QED) is 0.0549. The second kappa shape index (κ2) is 13.6. The lowest BCUT2D eigenvalue weighted by Gasteiger charge is -2.36. The zero-order valence-corrected chi connectivity index (χ0v) is 25.5. The second-order valence-electron chi connectivity index (χ2n) is 10.0. The van der Waals surface area contributed by atoms with Crippen molar-refractivity contribution < 1.29 is 14.7 Å². The molecule has 0 amide bonds. The molecule has 0 aliphatic rings. The topological polar surface area (TPSA) is 109 Å². The number of benzene rings is 4. The zero-order chi connectivity index (χ0) is 31.1. The van der Waals surface area contributed by atoms with Crippen LogP contribution < -0.4 is 10.6 Å². The Bertz CT molecular complexity index is 1840. The minimum atomic E-state index is -1.24. The van der Waals surface area contributed by atoms with E-state index in [2.05, 4.69) is 62.2 Å². The summed E-state index contributed by atoms with van der Waals surface area (Å²) in [5.41, 5.74) is 3.76. The van der Waals surface area contributed by atoms with Crippen molar-refractivity contribution >= 4 is 56.3 Å². The smallest absolute Gasteiger partial charge is 0.360 e. The van der Waals surface area contributed by atoms with Crippen LogP contribution in [0.25, 0.3) is 10.9 Å². The van der Waals surface area contributed by atoms with Crippen molar-refractivity contribution in [2.45, 2.75) is 5.54 Å². The van der Waals surface area contributed by atoms with E-state index in [1.807, 2.05) is 66.7 Å². The van der Waals surface area contributed by atoms with Crippen LogP contribution in [0.15, 0.2) is 132 Å². The maximum Gasteiger partial charge on any atom is 0.360 e. The number of oxime groups is 1. The van der Waals surface area contributed by atoms with E-state index in [0.717, 1.165) is 33.3 Å². The normalized spacial score (nSPS) is 11.7. The first-order valence-electron chi connectivity index (χ1n) is 14.2. The van der Waals surface area contributed by atoms with Gasteiger partial charge in [-0.2, -0.15) is 0 Å². The molecule has 0 spiro atoms. The lowest BCUT2D eigenvalue weighted by atomic mass is 9.77. The van der Waals surface area contributed by atoms with Crippen molar-refractivity contribution in [2.75, 3.05) is 23.8 Å². The Morgan fingerprint density at radius 3 is 2.11 bits per heavy atom. The van der Waals surface area contributed by atoms with Crippen molar-refractivity contribution in [3.8, 4) is 0 Å². The highest BCUT2D eigenvalue weighted by Crippen LogP contribution is 2.40. The number of thiazole rings is 1. The van der Waals surface area contributed by atoms with Gasteiger partial charge in [0.25, 0.3) is 0 Å². The predicted octanol–water partition coefficient (Wildman–Crippen LogP) is 7.67. The Kier molecular flexibility index (Phi) is 9.00. The van der Waals surface area contributed by atoms with E-state index in [-0.39, 0.29) is 18.0 Å². The highest BCUT2D eigenvalue weighted by Gasteiger charge is 2.37. The number of aromatic nitrogens is 2. The fraction of sp³-hybridized carbons (Fsp3) is 0.0857. The molecule has 2 aromatic heterocycles. The molecule has 6 aromatic rings. The van der Waals surface area contributed by atoms with Crippen LogP contribution in [0, 0.1) is 0 Å². The average molecular weight is 634 g/mol. The third kappa shape index (κ3) is 6.50. The molecule has 0 atom stereocenters. The van der Waals surface area contributed by atoms with Gasteiger partial charge in [0.2, 0.25) is 5.71 Å². The van der Waals surface area contributed by atoms with Gasteiger partial charge in [0.15, 0.2) is 5.13 Å². The van der Waals surface area contributed by atoms with Gasteiger partial charge >= 0.3 is 5.97 Å². The number of carboxylic acids is 1. The Morgan fingerprint density at radius 2 is 1.51 bits per heavy atom. The number of rotatable bonds is 12. The van der Waals surface area contributed by atoms with E-state index >= 15 is 0 Å². The molecule has 6 rings (SSSR count). The Balaban J connectivity index is 1.23. The molecule has 0 bridgehead atoms. The van der Waals surface area contributed by atoms with Crippen LogP contribution in [0.4, 0.5) is 10.8 Å². The summed E-state index contributed by atoms with van der Waals surface area (Å²) in [6.07, 6.45) is 1.69. The first kappa shape index (κ1) is 29.8. The van der Waals surface area contributed by atoms with Gasteiger partial charge in [-0.3, -0.25) is 4.98 Å². The number of pyridine rings is 1. The SMILES string of the molecule is O=C(O)/C(=N/OCCNc1ccnc2cc(Cl)ccc12)c1csc(NC(c2ccccc2)(c2ccccc2)c2ccccc2)n1. The van der Waals surface area contributed by atoms with E-state index < -0.39 is 11.5 Å². The van der Waals surface area contributed by atoms with Gasteiger partial charge in [0, 0.05) is 27.7 Å². The summed E-state index contributed by atoms with van der Waals surface area (Å²) in [6, 6.07) is 37.7. The largest absolute Gasteiger partial charge is 0.476 e. The molecule has 8 nitrogen and oxygen atoms in total. The maximum atomic E-state index is 12.2. The Morgan fingerprint density at radius 1 is 0.889 bits per heavy atom. The molecule has 0 saturated heterocycles. The van der Waals surface area contributed by atoms with Crippen LogP contribution >= 0.6 is 22.9 Å². The molecule has 0 saturated carbocycles. The third-order valence-corrected chi connectivity index (χ3v) is 8.23. The first-order valence-corrected chi connectivity index (χ1v) is 15.4. The molecular weight excluding hydrogens is 606 g/mol. The first-order chi connectivity index (χ1) is 22.0. The van der Waals surface area contributed by atoms with Crippen LogP contribution in [-0.2, 0) is 15.2 Å². The maximum absolute atomic E-state index is 12.2. The van der Waals surface area contributed by atoms with Crippen molar-refractivity contribution in [1.29, 1.82) is 0 Å². The monoisotopic (exact) mass is 633 g/mol. The van der Waals surface area contributed by atoms with Gasteiger partial charge < -0.3 is 20.6 Å².